The largest absolute Gasteiger partial charge is 0.273 e. The summed E-state index contributed by atoms with van der Waals surface area (Å²) in [6.07, 6.45) is 0. The van der Waals surface area contributed by atoms with Crippen molar-refractivity contribution in [3.05, 3.63) is 42.5 Å². The number of hydroxylamine groups is 1. The van der Waals surface area contributed by atoms with Crippen LogP contribution in [0.1, 0.15) is 6.92 Å². The minimum Gasteiger partial charge on any atom is -0.273 e. The van der Waals surface area contributed by atoms with Crippen LogP contribution in [0, 0.1) is 0 Å². The highest BCUT2D eigenvalue weighted by atomic mass is 16.7. The number of nitrogens with zero attached hydrogens (tertiary/aromatic N) is 1. The van der Waals surface area contributed by atoms with Crippen LogP contribution in [0.4, 0.5) is 5.69 Å². The van der Waals surface area contributed by atoms with Gasteiger partial charge in [0.05, 0.1) is 12.8 Å². The van der Waals surface area contributed by atoms with Crippen LogP contribution in [-0.4, -0.2) is 13.0 Å². The molecule has 0 radical (unpaired) electrons. The summed E-state index contributed by atoms with van der Waals surface area (Å²) in [5.41, 5.74) is 0.771. The maximum Gasteiger partial charge on any atom is 0.247 e. The summed E-state index contributed by atoms with van der Waals surface area (Å²) < 4.78 is 0. The monoisotopic (exact) mass is 215 g/mol. The quantitative estimate of drug-likeness (QED) is 0.721. The second-order valence-electron chi connectivity index (χ2n) is 3.49. The maximum absolute atomic E-state index is 11.4. The fraction of sp³-hybridized carbons (Fsp3) is 0.154. The lowest BCUT2D eigenvalue weighted by molar-refractivity contribution is -0.122. The Kier molecular flexibility index (Phi) is 2.88. The van der Waals surface area contributed by atoms with Crippen LogP contribution >= 0.6 is 0 Å². The van der Waals surface area contributed by atoms with Gasteiger partial charge in [-0.2, -0.15) is 5.06 Å². The molecular formula is C13H13NO2. The van der Waals surface area contributed by atoms with Crippen LogP contribution in [0.25, 0.3) is 10.8 Å². The van der Waals surface area contributed by atoms with Crippen molar-refractivity contribution >= 4 is 22.4 Å². The van der Waals surface area contributed by atoms with Gasteiger partial charge in [0.1, 0.15) is 0 Å². The van der Waals surface area contributed by atoms with E-state index in [1.54, 1.807) is 0 Å². The molecule has 3 nitrogen and oxygen atoms in total. The van der Waals surface area contributed by atoms with Gasteiger partial charge < -0.3 is 0 Å². The first-order valence-electron chi connectivity index (χ1n) is 5.06. The van der Waals surface area contributed by atoms with E-state index in [4.69, 9.17) is 4.84 Å². The molecule has 0 saturated carbocycles. The molecule has 16 heavy (non-hydrogen) atoms. The summed E-state index contributed by atoms with van der Waals surface area (Å²) in [5, 5.41) is 3.38. The molecule has 0 heterocycles. The normalized spacial score (nSPS) is 10.4. The number of fused-ring (bicyclic) bond motifs is 1. The first-order valence-corrected chi connectivity index (χ1v) is 5.06. The SMILES string of the molecule is CON(C(C)=O)c1cccc2ccccc12. The number of carbonyl (C=O) groups excluding carboxylic acids is 1. The number of hydrogen-bond donors (Lipinski definition) is 0. The molecule has 82 valence electrons. The van der Waals surface area contributed by atoms with Crippen molar-refractivity contribution in [1.29, 1.82) is 0 Å². The van der Waals surface area contributed by atoms with E-state index >= 15 is 0 Å². The van der Waals surface area contributed by atoms with Crippen LogP contribution in [0.5, 0.6) is 0 Å². The Morgan fingerprint density at radius 2 is 1.81 bits per heavy atom. The number of rotatable bonds is 2. The lowest BCUT2D eigenvalue weighted by atomic mass is 10.1. The van der Waals surface area contributed by atoms with E-state index in [0.29, 0.717) is 0 Å². The van der Waals surface area contributed by atoms with Crippen LogP contribution in [0.2, 0.25) is 0 Å². The number of anilines is 1. The van der Waals surface area contributed by atoms with E-state index in [9.17, 15) is 4.79 Å². The molecule has 0 fully saturated rings. The first-order chi connectivity index (χ1) is 7.74. The zero-order valence-electron chi connectivity index (χ0n) is 9.31. The van der Waals surface area contributed by atoms with Gasteiger partial charge in [-0.1, -0.05) is 36.4 Å². The molecule has 0 aliphatic rings. The number of carbonyl (C=O) groups is 1. The van der Waals surface area contributed by atoms with Crippen molar-refractivity contribution in [2.75, 3.05) is 12.2 Å². The summed E-state index contributed by atoms with van der Waals surface area (Å²) in [7, 11) is 1.49. The van der Waals surface area contributed by atoms with Crippen LogP contribution in [0.15, 0.2) is 42.5 Å². The lowest BCUT2D eigenvalue weighted by Gasteiger charge is -2.19. The molecule has 0 aliphatic heterocycles. The molecule has 1 amide bonds. The average Bonchev–Trinajstić information content (AvgIpc) is 2.30. The first kappa shape index (κ1) is 10.6. The third-order valence-corrected chi connectivity index (χ3v) is 2.45. The Morgan fingerprint density at radius 1 is 1.12 bits per heavy atom. The highest BCUT2D eigenvalue weighted by molar-refractivity contribution is 6.01. The number of hydrogen-bond acceptors (Lipinski definition) is 2. The van der Waals surface area contributed by atoms with Gasteiger partial charge in [-0.3, -0.25) is 9.63 Å². The number of amides is 1. The maximum atomic E-state index is 11.4. The van der Waals surface area contributed by atoms with Crippen LogP contribution in [-0.2, 0) is 9.63 Å². The van der Waals surface area contributed by atoms with Gasteiger partial charge in [0.15, 0.2) is 0 Å². The standard InChI is InChI=1S/C13H13NO2/c1-10(15)14(16-2)13-9-5-7-11-6-3-4-8-12(11)13/h3-9H,1-2H3. The summed E-state index contributed by atoms with van der Waals surface area (Å²) in [6.45, 7) is 1.48. The number of benzene rings is 2. The molecule has 0 unspecified atom stereocenters. The van der Waals surface area contributed by atoms with E-state index < -0.39 is 0 Å². The van der Waals surface area contributed by atoms with Gasteiger partial charge in [0.25, 0.3) is 0 Å². The molecular weight excluding hydrogens is 202 g/mol. The Balaban J connectivity index is 2.63. The summed E-state index contributed by atoms with van der Waals surface area (Å²) in [6, 6.07) is 13.7. The molecule has 0 atom stereocenters. The molecule has 2 aromatic carbocycles. The van der Waals surface area contributed by atoms with Crippen LogP contribution < -0.4 is 5.06 Å². The Morgan fingerprint density at radius 3 is 2.50 bits per heavy atom. The second kappa shape index (κ2) is 4.33. The van der Waals surface area contributed by atoms with Crippen LogP contribution in [0.3, 0.4) is 0 Å². The molecule has 0 aliphatic carbocycles. The van der Waals surface area contributed by atoms with E-state index in [2.05, 4.69) is 0 Å². The topological polar surface area (TPSA) is 29.5 Å². The molecule has 0 spiro atoms. The summed E-state index contributed by atoms with van der Waals surface area (Å²) in [4.78, 5) is 16.5. The molecule has 0 N–H and O–H groups in total. The second-order valence-corrected chi connectivity index (χ2v) is 3.49. The van der Waals surface area contributed by atoms with E-state index in [-0.39, 0.29) is 5.91 Å². The van der Waals surface area contributed by atoms with E-state index in [1.807, 2.05) is 42.5 Å². The van der Waals surface area contributed by atoms with Crippen molar-refractivity contribution in [3.8, 4) is 0 Å². The van der Waals surface area contributed by atoms with Gasteiger partial charge >= 0.3 is 0 Å². The van der Waals surface area contributed by atoms with Crippen molar-refractivity contribution in [3.63, 3.8) is 0 Å². The lowest BCUT2D eigenvalue weighted by Crippen LogP contribution is -2.27. The van der Waals surface area contributed by atoms with Crippen molar-refractivity contribution in [2.24, 2.45) is 0 Å². The van der Waals surface area contributed by atoms with Crippen molar-refractivity contribution in [2.45, 2.75) is 6.92 Å². The molecule has 0 aromatic heterocycles. The minimum absolute atomic E-state index is 0.140. The molecule has 2 rings (SSSR count). The Labute approximate surface area is 94.2 Å². The molecule has 0 saturated heterocycles. The Bertz CT molecular complexity index is 517. The van der Waals surface area contributed by atoms with Gasteiger partial charge in [-0.25, -0.2) is 0 Å². The van der Waals surface area contributed by atoms with Gasteiger partial charge in [0, 0.05) is 12.3 Å². The zero-order valence-corrected chi connectivity index (χ0v) is 9.31. The predicted molar refractivity (Wildman–Crippen MR) is 64.1 cm³/mol. The van der Waals surface area contributed by atoms with Gasteiger partial charge in [-0.05, 0) is 11.5 Å². The average molecular weight is 215 g/mol. The van der Waals surface area contributed by atoms with E-state index in [0.717, 1.165) is 16.5 Å². The highest BCUT2D eigenvalue weighted by Gasteiger charge is 2.13. The third kappa shape index (κ3) is 1.77. The van der Waals surface area contributed by atoms with Gasteiger partial charge in [-0.15, -0.1) is 0 Å². The smallest absolute Gasteiger partial charge is 0.247 e. The third-order valence-electron chi connectivity index (χ3n) is 2.45. The molecule has 3 heteroatoms. The molecule has 0 bridgehead atoms. The summed E-state index contributed by atoms with van der Waals surface area (Å²) in [5.74, 6) is -0.140. The fourth-order valence-corrected chi connectivity index (χ4v) is 1.78. The minimum atomic E-state index is -0.140. The van der Waals surface area contributed by atoms with E-state index in [1.165, 1.54) is 19.1 Å². The predicted octanol–water partition coefficient (Wildman–Crippen LogP) is 2.75. The van der Waals surface area contributed by atoms with Crippen molar-refractivity contribution < 1.29 is 9.63 Å². The molecule has 2 aromatic rings. The summed E-state index contributed by atoms with van der Waals surface area (Å²) >= 11 is 0. The van der Waals surface area contributed by atoms with Crippen molar-refractivity contribution in [1.82, 2.24) is 0 Å². The fourth-order valence-electron chi connectivity index (χ4n) is 1.78. The highest BCUT2D eigenvalue weighted by Crippen LogP contribution is 2.26. The Hall–Kier alpha value is -1.87. The van der Waals surface area contributed by atoms with Gasteiger partial charge in [0.2, 0.25) is 5.91 Å². The zero-order chi connectivity index (χ0) is 11.5.